The van der Waals surface area contributed by atoms with Gasteiger partial charge in [-0.2, -0.15) is 39.5 Å². The molecule has 2 N–H and O–H groups in total. The summed E-state index contributed by atoms with van der Waals surface area (Å²) in [4.78, 5) is 0. The van der Waals surface area contributed by atoms with Crippen LogP contribution >= 0.6 is 0 Å². The summed E-state index contributed by atoms with van der Waals surface area (Å²) in [5, 5.41) is -4.59. The van der Waals surface area contributed by atoms with Crippen molar-refractivity contribution in [2.24, 2.45) is 0 Å². The van der Waals surface area contributed by atoms with Crippen LogP contribution < -0.4 is 5.32 Å². The third kappa shape index (κ3) is 7.01. The largest absolute Gasteiger partial charge is 0.743 e. The van der Waals surface area contributed by atoms with Gasteiger partial charge in [0.2, 0.25) is 0 Å². The topological polar surface area (TPSA) is 73.8 Å². The molecule has 0 aromatic carbocycles. The van der Waals surface area contributed by atoms with Gasteiger partial charge in [-0.25, -0.2) is 8.42 Å². The first-order valence-corrected chi connectivity index (χ1v) is 7.68. The van der Waals surface area contributed by atoms with E-state index in [2.05, 4.69) is 0 Å². The summed E-state index contributed by atoms with van der Waals surface area (Å²) in [5.74, 6) is -12.2. The molecule has 0 radical (unpaired) electrons. The number of alkyl halides is 9. The second kappa shape index (κ2) is 8.56. The molecule has 0 saturated heterocycles. The molecule has 0 rings (SSSR count). The van der Waals surface area contributed by atoms with E-state index in [1.54, 1.807) is 0 Å². The normalized spacial score (nSPS) is 14.2. The van der Waals surface area contributed by atoms with Gasteiger partial charge in [0.15, 0.2) is 10.1 Å². The second-order valence-corrected chi connectivity index (χ2v) is 6.07. The van der Waals surface area contributed by atoms with Gasteiger partial charge in [0, 0.05) is 12.8 Å². The minimum absolute atomic E-state index is 1.05. The number of halogens is 9. The highest BCUT2D eigenvalue weighted by molar-refractivity contribution is 7.86. The Labute approximate surface area is 132 Å². The fourth-order valence-electron chi connectivity index (χ4n) is 1.20. The molecule has 0 aromatic rings. The number of hydrogen-bond donors (Lipinski definition) is 1. The van der Waals surface area contributed by atoms with E-state index in [4.69, 9.17) is 0 Å². The first kappa shape index (κ1) is 25.5. The van der Waals surface area contributed by atoms with Gasteiger partial charge in [-0.3, -0.25) is 0 Å². The predicted molar refractivity (Wildman–Crippen MR) is 62.8 cm³/mol. The van der Waals surface area contributed by atoms with Crippen LogP contribution in [0.4, 0.5) is 39.5 Å². The zero-order valence-corrected chi connectivity index (χ0v) is 13.3. The van der Waals surface area contributed by atoms with E-state index in [1.807, 2.05) is 19.4 Å². The van der Waals surface area contributed by atoms with Crippen molar-refractivity contribution in [3.8, 4) is 0 Å². The smallest absolute Gasteiger partial charge is 0.402 e. The summed E-state index contributed by atoms with van der Waals surface area (Å²) in [6.07, 6.45) is -10.8. The van der Waals surface area contributed by atoms with Gasteiger partial charge in [0.05, 0.1) is 14.1 Å². The van der Waals surface area contributed by atoms with E-state index >= 15 is 0 Å². The summed E-state index contributed by atoms with van der Waals surface area (Å²) in [7, 11) is -3.09. The Kier molecular flexibility index (Phi) is 9.09. The number of hydrogen-bond acceptors (Lipinski definition) is 3. The molecule has 0 bridgehead atoms. The Morgan fingerprint density at radius 2 is 1.17 bits per heavy atom. The minimum atomic E-state index is -7.09. The Bertz CT molecular complexity index is 476. The summed E-state index contributed by atoms with van der Waals surface area (Å²) in [6, 6.07) is 0. The third-order valence-corrected chi connectivity index (χ3v) is 3.22. The lowest BCUT2D eigenvalue weighted by Gasteiger charge is -2.33. The summed E-state index contributed by atoms with van der Waals surface area (Å²) in [6.45, 7) is 0. The van der Waals surface area contributed by atoms with Crippen molar-refractivity contribution in [1.29, 1.82) is 0 Å². The zero-order chi connectivity index (χ0) is 20.0. The number of nitrogens with two attached hydrogens (primary N) is 1. The Morgan fingerprint density at radius 3 is 1.46 bits per heavy atom. The van der Waals surface area contributed by atoms with Crippen LogP contribution in [0.25, 0.3) is 0 Å². The average Bonchev–Trinajstić information content (AvgIpc) is 2.32. The van der Waals surface area contributed by atoms with Crippen molar-refractivity contribution in [2.45, 2.75) is 49.0 Å². The number of rotatable bonds is 7. The zero-order valence-electron chi connectivity index (χ0n) is 12.4. The van der Waals surface area contributed by atoms with E-state index in [-0.39, 0.29) is 0 Å². The molecule has 0 fully saturated rings. The molecule has 4 nitrogen and oxygen atoms in total. The molecule has 0 heterocycles. The maximum atomic E-state index is 12.9. The maximum absolute atomic E-state index is 12.9. The van der Waals surface area contributed by atoms with Crippen molar-refractivity contribution in [3.63, 3.8) is 0 Å². The molecular weight excluding hydrogens is 385 g/mol. The van der Waals surface area contributed by atoms with Crippen LogP contribution in [0.2, 0.25) is 0 Å². The highest BCUT2D eigenvalue weighted by Gasteiger charge is 2.74. The standard InChI is InChI=1S/C8H9F9O3S.C2H7N/c9-5(10,3-1-2-4-6(11,12)13)7(14,15)8(16,17)21(18,19)20;1-3-2/h1-4H2,(H,18,19,20);3H,1-2H3. The first-order valence-electron chi connectivity index (χ1n) is 6.27. The SMILES string of the molecule is C[NH2+]C.O=S(=O)([O-])C(F)(F)C(F)(F)C(F)(F)CCCCC(F)(F)F. The lowest BCUT2D eigenvalue weighted by Crippen LogP contribution is -2.74. The van der Waals surface area contributed by atoms with E-state index < -0.39 is 59.1 Å². The quantitative estimate of drug-likeness (QED) is 0.404. The van der Waals surface area contributed by atoms with Crippen LogP contribution in [0.3, 0.4) is 0 Å². The number of quaternary nitrogens is 1. The Morgan fingerprint density at radius 1 is 0.833 bits per heavy atom. The molecule has 0 amide bonds. The van der Waals surface area contributed by atoms with E-state index in [9.17, 15) is 52.5 Å². The van der Waals surface area contributed by atoms with E-state index in [0.717, 1.165) is 0 Å². The number of unbranched alkanes of at least 4 members (excludes halogenated alkanes) is 1. The molecule has 0 aromatic heterocycles. The molecule has 0 atom stereocenters. The molecule has 0 saturated carbocycles. The molecule has 0 spiro atoms. The highest BCUT2D eigenvalue weighted by atomic mass is 32.2. The molecule has 148 valence electrons. The van der Waals surface area contributed by atoms with Gasteiger partial charge in [-0.15, -0.1) is 0 Å². The molecule has 24 heavy (non-hydrogen) atoms. The Balaban J connectivity index is 0. The average molecular weight is 401 g/mol. The van der Waals surface area contributed by atoms with Gasteiger partial charge in [-0.05, 0) is 12.8 Å². The van der Waals surface area contributed by atoms with Crippen molar-refractivity contribution in [3.05, 3.63) is 0 Å². The second-order valence-electron chi connectivity index (χ2n) is 4.65. The van der Waals surface area contributed by atoms with Crippen LogP contribution in [-0.2, 0) is 10.1 Å². The Hall–Kier alpha value is -0.760. The van der Waals surface area contributed by atoms with Gasteiger partial charge in [0.25, 0.3) is 0 Å². The van der Waals surface area contributed by atoms with Gasteiger partial charge < -0.3 is 9.87 Å². The third-order valence-electron chi connectivity index (χ3n) is 2.34. The molecular formula is C10H16F9NO3S. The van der Waals surface area contributed by atoms with Crippen LogP contribution in [0.5, 0.6) is 0 Å². The summed E-state index contributed by atoms with van der Waals surface area (Å²) >= 11 is 0. The van der Waals surface area contributed by atoms with Gasteiger partial charge >= 0.3 is 23.3 Å². The van der Waals surface area contributed by atoms with Crippen molar-refractivity contribution in [1.82, 2.24) is 0 Å². The van der Waals surface area contributed by atoms with Crippen LogP contribution in [0, 0.1) is 0 Å². The summed E-state index contributed by atoms with van der Waals surface area (Å²) < 4.78 is 142. The molecule has 0 aliphatic carbocycles. The van der Waals surface area contributed by atoms with Crippen LogP contribution in [-0.4, -0.2) is 50.3 Å². The van der Waals surface area contributed by atoms with Crippen LogP contribution in [0.1, 0.15) is 25.7 Å². The van der Waals surface area contributed by atoms with Gasteiger partial charge in [-0.1, -0.05) is 0 Å². The van der Waals surface area contributed by atoms with E-state index in [1.165, 1.54) is 0 Å². The van der Waals surface area contributed by atoms with Gasteiger partial charge in [0.1, 0.15) is 0 Å². The molecule has 0 aliphatic heterocycles. The fraction of sp³-hybridized carbons (Fsp3) is 1.00. The van der Waals surface area contributed by atoms with E-state index in [0.29, 0.717) is 0 Å². The minimum Gasteiger partial charge on any atom is -0.743 e. The lowest BCUT2D eigenvalue weighted by molar-refractivity contribution is -0.597. The van der Waals surface area contributed by atoms with Crippen LogP contribution in [0.15, 0.2) is 0 Å². The fourth-order valence-corrected chi connectivity index (χ4v) is 1.66. The first-order chi connectivity index (χ1) is 10.4. The summed E-state index contributed by atoms with van der Waals surface area (Å²) in [5.41, 5.74) is 0. The van der Waals surface area contributed by atoms with Crippen molar-refractivity contribution < 1.29 is 57.8 Å². The molecule has 0 unspecified atom stereocenters. The monoisotopic (exact) mass is 401 g/mol. The lowest BCUT2D eigenvalue weighted by atomic mass is 10.0. The van der Waals surface area contributed by atoms with Crippen molar-refractivity contribution >= 4 is 10.1 Å². The maximum Gasteiger partial charge on any atom is 0.402 e. The van der Waals surface area contributed by atoms with Crippen molar-refractivity contribution in [2.75, 3.05) is 14.1 Å². The highest BCUT2D eigenvalue weighted by Crippen LogP contribution is 2.50. The molecule has 14 heteroatoms. The molecule has 0 aliphatic rings. The predicted octanol–water partition coefficient (Wildman–Crippen LogP) is 2.33.